The Kier molecular flexibility index (Phi) is 2.75. The second-order valence-electron chi connectivity index (χ2n) is 4.41. The summed E-state index contributed by atoms with van der Waals surface area (Å²) in [7, 11) is 0. The molecule has 0 amide bonds. The van der Waals surface area contributed by atoms with E-state index in [4.69, 9.17) is 5.73 Å². The zero-order valence-corrected chi connectivity index (χ0v) is 9.59. The first kappa shape index (κ1) is 10.8. The van der Waals surface area contributed by atoms with E-state index in [0.717, 1.165) is 11.3 Å². The van der Waals surface area contributed by atoms with Crippen LogP contribution in [0.25, 0.3) is 11.3 Å². The summed E-state index contributed by atoms with van der Waals surface area (Å²) in [5.41, 5.74) is 7.64. The Bertz CT molecular complexity index is 459. The monoisotopic (exact) mass is 216 g/mol. The molecule has 4 nitrogen and oxygen atoms in total. The standard InChI is InChI=1S/C12H16N4/c1-12(2,9-13)16-11(8-14-15-16)10-6-4-3-5-7-10/h3-8H,9,13H2,1-2H3. The Hall–Kier alpha value is -1.68. The maximum absolute atomic E-state index is 5.76. The van der Waals surface area contributed by atoms with Crippen LogP contribution in [0.15, 0.2) is 36.5 Å². The van der Waals surface area contributed by atoms with E-state index in [1.165, 1.54) is 0 Å². The zero-order valence-electron chi connectivity index (χ0n) is 9.59. The number of aromatic nitrogens is 3. The second-order valence-corrected chi connectivity index (χ2v) is 4.41. The molecule has 16 heavy (non-hydrogen) atoms. The van der Waals surface area contributed by atoms with Crippen molar-refractivity contribution in [3.63, 3.8) is 0 Å². The lowest BCUT2D eigenvalue weighted by atomic mass is 10.0. The van der Waals surface area contributed by atoms with Crippen LogP contribution in [-0.2, 0) is 5.54 Å². The van der Waals surface area contributed by atoms with Crippen molar-refractivity contribution in [1.82, 2.24) is 15.0 Å². The molecule has 0 atom stereocenters. The summed E-state index contributed by atoms with van der Waals surface area (Å²) < 4.78 is 1.88. The van der Waals surface area contributed by atoms with Crippen LogP contribution in [0.1, 0.15) is 13.8 Å². The minimum Gasteiger partial charge on any atom is -0.328 e. The summed E-state index contributed by atoms with van der Waals surface area (Å²) in [5, 5.41) is 8.09. The lowest BCUT2D eigenvalue weighted by Crippen LogP contribution is -2.36. The van der Waals surface area contributed by atoms with Crippen molar-refractivity contribution in [2.45, 2.75) is 19.4 Å². The van der Waals surface area contributed by atoms with E-state index >= 15 is 0 Å². The number of nitrogens with zero attached hydrogens (tertiary/aromatic N) is 3. The molecule has 2 aromatic rings. The smallest absolute Gasteiger partial charge is 0.0892 e. The van der Waals surface area contributed by atoms with Gasteiger partial charge >= 0.3 is 0 Å². The van der Waals surface area contributed by atoms with E-state index < -0.39 is 0 Å². The van der Waals surface area contributed by atoms with E-state index in [1.54, 1.807) is 6.20 Å². The predicted octanol–water partition coefficient (Wildman–Crippen LogP) is 1.64. The Morgan fingerprint density at radius 3 is 2.56 bits per heavy atom. The van der Waals surface area contributed by atoms with E-state index in [0.29, 0.717) is 6.54 Å². The van der Waals surface area contributed by atoms with Crippen LogP contribution < -0.4 is 5.73 Å². The van der Waals surface area contributed by atoms with E-state index in [2.05, 4.69) is 10.3 Å². The Labute approximate surface area is 95.1 Å². The fraction of sp³-hybridized carbons (Fsp3) is 0.333. The number of benzene rings is 1. The summed E-state index contributed by atoms with van der Waals surface area (Å²) in [4.78, 5) is 0. The van der Waals surface area contributed by atoms with Crippen LogP contribution in [0.2, 0.25) is 0 Å². The second kappa shape index (κ2) is 4.06. The summed E-state index contributed by atoms with van der Waals surface area (Å²) >= 11 is 0. The molecular weight excluding hydrogens is 200 g/mol. The highest BCUT2D eigenvalue weighted by atomic mass is 15.5. The molecule has 1 heterocycles. The summed E-state index contributed by atoms with van der Waals surface area (Å²) in [6.45, 7) is 4.62. The van der Waals surface area contributed by atoms with E-state index in [1.807, 2.05) is 48.9 Å². The van der Waals surface area contributed by atoms with Gasteiger partial charge in [0.15, 0.2) is 0 Å². The van der Waals surface area contributed by atoms with Gasteiger partial charge in [-0.3, -0.25) is 0 Å². The molecule has 84 valence electrons. The van der Waals surface area contributed by atoms with Crippen molar-refractivity contribution in [3.05, 3.63) is 36.5 Å². The van der Waals surface area contributed by atoms with Crippen LogP contribution in [0.5, 0.6) is 0 Å². The van der Waals surface area contributed by atoms with Gasteiger partial charge in [-0.25, -0.2) is 4.68 Å². The third-order valence-electron chi connectivity index (χ3n) is 2.69. The molecule has 0 radical (unpaired) electrons. The number of nitrogens with two attached hydrogens (primary N) is 1. The third kappa shape index (κ3) is 1.84. The van der Waals surface area contributed by atoms with Crippen molar-refractivity contribution < 1.29 is 0 Å². The first-order valence-electron chi connectivity index (χ1n) is 5.32. The van der Waals surface area contributed by atoms with Gasteiger partial charge in [-0.1, -0.05) is 35.5 Å². The van der Waals surface area contributed by atoms with Crippen molar-refractivity contribution >= 4 is 0 Å². The SMILES string of the molecule is CC(C)(CN)n1nncc1-c1ccccc1. The number of rotatable bonds is 3. The van der Waals surface area contributed by atoms with Gasteiger partial charge in [-0.05, 0) is 13.8 Å². The van der Waals surface area contributed by atoms with Gasteiger partial charge in [-0.15, -0.1) is 5.10 Å². The molecule has 0 aliphatic heterocycles. The summed E-state index contributed by atoms with van der Waals surface area (Å²) in [6, 6.07) is 10.1. The minimum absolute atomic E-state index is 0.221. The van der Waals surface area contributed by atoms with Gasteiger partial charge in [-0.2, -0.15) is 0 Å². The molecule has 0 saturated carbocycles. The topological polar surface area (TPSA) is 56.7 Å². The fourth-order valence-corrected chi connectivity index (χ4v) is 1.57. The average molecular weight is 216 g/mol. The van der Waals surface area contributed by atoms with Gasteiger partial charge in [0.25, 0.3) is 0 Å². The van der Waals surface area contributed by atoms with E-state index in [9.17, 15) is 0 Å². The van der Waals surface area contributed by atoms with Crippen molar-refractivity contribution in [1.29, 1.82) is 0 Å². The summed E-state index contributed by atoms with van der Waals surface area (Å²) in [6.07, 6.45) is 1.77. The summed E-state index contributed by atoms with van der Waals surface area (Å²) in [5.74, 6) is 0. The maximum atomic E-state index is 5.76. The molecule has 0 aliphatic rings. The maximum Gasteiger partial charge on any atom is 0.0892 e. The molecule has 2 rings (SSSR count). The number of hydrogen-bond donors (Lipinski definition) is 1. The normalized spacial score (nSPS) is 11.7. The molecule has 2 N–H and O–H groups in total. The molecule has 0 aliphatic carbocycles. The molecular formula is C12H16N4. The molecule has 1 aromatic carbocycles. The molecule has 4 heteroatoms. The lowest BCUT2D eigenvalue weighted by molar-refractivity contribution is 0.326. The Morgan fingerprint density at radius 2 is 1.94 bits per heavy atom. The molecule has 0 bridgehead atoms. The third-order valence-corrected chi connectivity index (χ3v) is 2.69. The van der Waals surface area contributed by atoms with Gasteiger partial charge in [0.2, 0.25) is 0 Å². The fourth-order valence-electron chi connectivity index (χ4n) is 1.57. The predicted molar refractivity (Wildman–Crippen MR) is 63.8 cm³/mol. The van der Waals surface area contributed by atoms with Crippen molar-refractivity contribution in [3.8, 4) is 11.3 Å². The highest BCUT2D eigenvalue weighted by Crippen LogP contribution is 2.23. The highest BCUT2D eigenvalue weighted by molar-refractivity contribution is 5.58. The zero-order chi connectivity index (χ0) is 11.6. The van der Waals surface area contributed by atoms with E-state index in [-0.39, 0.29) is 5.54 Å². The average Bonchev–Trinajstić information content (AvgIpc) is 2.80. The quantitative estimate of drug-likeness (QED) is 0.848. The molecule has 0 unspecified atom stereocenters. The molecule has 0 fully saturated rings. The van der Waals surface area contributed by atoms with Crippen LogP contribution in [0.4, 0.5) is 0 Å². The van der Waals surface area contributed by atoms with Crippen LogP contribution in [0.3, 0.4) is 0 Å². The van der Waals surface area contributed by atoms with Crippen LogP contribution >= 0.6 is 0 Å². The van der Waals surface area contributed by atoms with Gasteiger partial charge in [0.05, 0.1) is 17.4 Å². The van der Waals surface area contributed by atoms with Gasteiger partial charge in [0, 0.05) is 12.1 Å². The lowest BCUT2D eigenvalue weighted by Gasteiger charge is -2.24. The minimum atomic E-state index is -0.221. The molecule has 0 spiro atoms. The molecule has 0 saturated heterocycles. The van der Waals surface area contributed by atoms with Crippen molar-refractivity contribution in [2.24, 2.45) is 5.73 Å². The molecule has 1 aromatic heterocycles. The Morgan fingerprint density at radius 1 is 1.25 bits per heavy atom. The van der Waals surface area contributed by atoms with Crippen LogP contribution in [0, 0.1) is 0 Å². The van der Waals surface area contributed by atoms with Gasteiger partial charge < -0.3 is 5.73 Å². The van der Waals surface area contributed by atoms with Gasteiger partial charge in [0.1, 0.15) is 0 Å². The first-order valence-corrected chi connectivity index (χ1v) is 5.32. The largest absolute Gasteiger partial charge is 0.328 e. The van der Waals surface area contributed by atoms with Crippen molar-refractivity contribution in [2.75, 3.05) is 6.54 Å². The Balaban J connectivity index is 2.49. The van der Waals surface area contributed by atoms with Crippen LogP contribution in [-0.4, -0.2) is 21.5 Å². The highest BCUT2D eigenvalue weighted by Gasteiger charge is 2.22. The number of hydrogen-bond acceptors (Lipinski definition) is 3. The first-order chi connectivity index (χ1) is 7.65.